The Morgan fingerprint density at radius 1 is 1.14 bits per heavy atom. The summed E-state index contributed by atoms with van der Waals surface area (Å²) in [5, 5.41) is 2.91. The highest BCUT2D eigenvalue weighted by atomic mass is 16.6. The number of hydrogen-bond donors (Lipinski definition) is 1. The average Bonchev–Trinajstić information content (AvgIpc) is 2.55. The first-order chi connectivity index (χ1) is 10.6. The summed E-state index contributed by atoms with van der Waals surface area (Å²) in [4.78, 5) is 27.2. The lowest BCUT2D eigenvalue weighted by molar-refractivity contribution is 0.0868. The summed E-state index contributed by atoms with van der Waals surface area (Å²) in [6, 6.07) is 7.70. The molecule has 0 radical (unpaired) electrons. The van der Waals surface area contributed by atoms with Crippen molar-refractivity contribution in [1.29, 1.82) is 0 Å². The van der Waals surface area contributed by atoms with E-state index < -0.39 is 0 Å². The highest BCUT2D eigenvalue weighted by Crippen LogP contribution is 2.13. The van der Waals surface area contributed by atoms with Gasteiger partial charge in [-0.3, -0.25) is 0 Å². The van der Waals surface area contributed by atoms with Crippen LogP contribution in [0.5, 0.6) is 0 Å². The second-order valence-electron chi connectivity index (χ2n) is 5.16. The van der Waals surface area contributed by atoms with Crippen molar-refractivity contribution in [2.45, 2.75) is 20.3 Å². The van der Waals surface area contributed by atoms with Crippen LogP contribution < -0.4 is 5.32 Å². The van der Waals surface area contributed by atoms with Gasteiger partial charge in [0.1, 0.15) is 0 Å². The number of nitrogens with one attached hydrogen (secondary N) is 1. The van der Waals surface area contributed by atoms with Gasteiger partial charge in [-0.1, -0.05) is 19.1 Å². The van der Waals surface area contributed by atoms with Crippen LogP contribution in [-0.4, -0.2) is 54.7 Å². The van der Waals surface area contributed by atoms with Crippen molar-refractivity contribution in [3.05, 3.63) is 29.8 Å². The molecule has 1 saturated heterocycles. The van der Waals surface area contributed by atoms with Crippen LogP contribution in [0.1, 0.15) is 19.4 Å². The van der Waals surface area contributed by atoms with E-state index in [1.54, 1.807) is 16.7 Å². The molecule has 3 amide bonds. The topological polar surface area (TPSA) is 61.9 Å². The van der Waals surface area contributed by atoms with E-state index in [9.17, 15) is 9.59 Å². The number of rotatable bonds is 3. The Kier molecular flexibility index (Phi) is 5.63. The van der Waals surface area contributed by atoms with Crippen LogP contribution in [0, 0.1) is 0 Å². The third kappa shape index (κ3) is 4.13. The van der Waals surface area contributed by atoms with Crippen molar-refractivity contribution in [2.75, 3.05) is 38.1 Å². The van der Waals surface area contributed by atoms with E-state index in [1.165, 1.54) is 5.56 Å². The van der Waals surface area contributed by atoms with Gasteiger partial charge in [0.2, 0.25) is 0 Å². The van der Waals surface area contributed by atoms with E-state index in [1.807, 2.05) is 24.3 Å². The largest absolute Gasteiger partial charge is 0.450 e. The number of anilines is 1. The highest BCUT2D eigenvalue weighted by molar-refractivity contribution is 5.89. The summed E-state index contributed by atoms with van der Waals surface area (Å²) in [6.07, 6.45) is 0.625. The summed E-state index contributed by atoms with van der Waals surface area (Å²) in [5.74, 6) is 0. The molecule has 0 unspecified atom stereocenters. The van der Waals surface area contributed by atoms with Gasteiger partial charge < -0.3 is 19.9 Å². The van der Waals surface area contributed by atoms with Crippen molar-refractivity contribution in [3.63, 3.8) is 0 Å². The molecule has 1 aliphatic rings. The molecule has 0 saturated carbocycles. The fraction of sp³-hybridized carbons (Fsp3) is 0.500. The quantitative estimate of drug-likeness (QED) is 0.933. The second-order valence-corrected chi connectivity index (χ2v) is 5.16. The fourth-order valence-electron chi connectivity index (χ4n) is 2.38. The first-order valence-electron chi connectivity index (χ1n) is 7.70. The first kappa shape index (κ1) is 16.1. The minimum absolute atomic E-state index is 0.128. The Labute approximate surface area is 131 Å². The van der Waals surface area contributed by atoms with Gasteiger partial charge in [-0.2, -0.15) is 0 Å². The van der Waals surface area contributed by atoms with Crippen LogP contribution in [-0.2, 0) is 11.2 Å². The number of amides is 3. The zero-order chi connectivity index (χ0) is 15.9. The maximum atomic E-state index is 12.2. The number of urea groups is 1. The molecule has 1 aromatic carbocycles. The van der Waals surface area contributed by atoms with Gasteiger partial charge in [0.05, 0.1) is 6.61 Å². The number of hydrogen-bond acceptors (Lipinski definition) is 3. The molecule has 22 heavy (non-hydrogen) atoms. The number of nitrogens with zero attached hydrogens (tertiary/aromatic N) is 2. The number of carbonyl (C=O) groups excluding carboxylic acids is 2. The van der Waals surface area contributed by atoms with Crippen molar-refractivity contribution in [2.24, 2.45) is 0 Å². The van der Waals surface area contributed by atoms with Gasteiger partial charge in [-0.15, -0.1) is 0 Å². The Morgan fingerprint density at radius 2 is 1.82 bits per heavy atom. The Balaban J connectivity index is 1.85. The predicted molar refractivity (Wildman–Crippen MR) is 85.0 cm³/mol. The SMILES string of the molecule is CCOC(=O)N1CCN(C(=O)Nc2cccc(CC)c2)CC1. The van der Waals surface area contributed by atoms with Gasteiger partial charge in [0, 0.05) is 31.9 Å². The molecular formula is C16H23N3O3. The van der Waals surface area contributed by atoms with E-state index in [-0.39, 0.29) is 12.1 Å². The van der Waals surface area contributed by atoms with Crippen LogP contribution in [0.4, 0.5) is 15.3 Å². The molecule has 1 heterocycles. The zero-order valence-corrected chi connectivity index (χ0v) is 13.2. The molecule has 6 heteroatoms. The minimum atomic E-state index is -0.307. The molecule has 0 atom stereocenters. The predicted octanol–water partition coefficient (Wildman–Crippen LogP) is 2.56. The van der Waals surface area contributed by atoms with Gasteiger partial charge in [0.25, 0.3) is 0 Å². The monoisotopic (exact) mass is 305 g/mol. The number of carbonyl (C=O) groups is 2. The second kappa shape index (κ2) is 7.68. The molecule has 6 nitrogen and oxygen atoms in total. The number of piperazine rings is 1. The molecule has 1 N–H and O–H groups in total. The van der Waals surface area contributed by atoms with E-state index in [0.29, 0.717) is 32.8 Å². The molecule has 1 aromatic rings. The lowest BCUT2D eigenvalue weighted by Gasteiger charge is -2.34. The molecule has 0 aliphatic carbocycles. The van der Waals surface area contributed by atoms with Gasteiger partial charge in [-0.05, 0) is 31.0 Å². The Morgan fingerprint density at radius 3 is 2.45 bits per heavy atom. The van der Waals surface area contributed by atoms with Crippen molar-refractivity contribution in [1.82, 2.24) is 9.80 Å². The van der Waals surface area contributed by atoms with E-state index in [0.717, 1.165) is 12.1 Å². The molecule has 0 spiro atoms. The van der Waals surface area contributed by atoms with Crippen LogP contribution in [0.15, 0.2) is 24.3 Å². The average molecular weight is 305 g/mol. The van der Waals surface area contributed by atoms with Gasteiger partial charge in [0.15, 0.2) is 0 Å². The van der Waals surface area contributed by atoms with Crippen LogP contribution in [0.2, 0.25) is 0 Å². The summed E-state index contributed by atoms with van der Waals surface area (Å²) in [5.41, 5.74) is 1.99. The lowest BCUT2D eigenvalue weighted by atomic mass is 10.1. The van der Waals surface area contributed by atoms with Crippen LogP contribution >= 0.6 is 0 Å². The molecule has 1 fully saturated rings. The Hall–Kier alpha value is -2.24. The van der Waals surface area contributed by atoms with Crippen molar-refractivity contribution in [3.8, 4) is 0 Å². The van der Waals surface area contributed by atoms with Gasteiger partial charge >= 0.3 is 12.1 Å². The lowest BCUT2D eigenvalue weighted by Crippen LogP contribution is -2.51. The molecule has 2 rings (SSSR count). The minimum Gasteiger partial charge on any atom is -0.450 e. The van der Waals surface area contributed by atoms with E-state index in [4.69, 9.17) is 4.74 Å². The van der Waals surface area contributed by atoms with E-state index in [2.05, 4.69) is 12.2 Å². The normalized spacial score (nSPS) is 14.6. The number of benzene rings is 1. The zero-order valence-electron chi connectivity index (χ0n) is 13.2. The third-order valence-electron chi connectivity index (χ3n) is 3.68. The molecule has 0 aromatic heterocycles. The standard InChI is InChI=1S/C16H23N3O3/c1-3-13-6-5-7-14(12-13)17-15(20)18-8-10-19(11-9-18)16(21)22-4-2/h5-7,12H,3-4,8-11H2,1-2H3,(H,17,20). The Bertz CT molecular complexity index is 525. The van der Waals surface area contributed by atoms with Gasteiger partial charge in [-0.25, -0.2) is 9.59 Å². The van der Waals surface area contributed by atoms with Crippen LogP contribution in [0.25, 0.3) is 0 Å². The third-order valence-corrected chi connectivity index (χ3v) is 3.68. The first-order valence-corrected chi connectivity index (χ1v) is 7.70. The fourth-order valence-corrected chi connectivity index (χ4v) is 2.38. The summed E-state index contributed by atoms with van der Waals surface area (Å²) >= 11 is 0. The van der Waals surface area contributed by atoms with Crippen molar-refractivity contribution < 1.29 is 14.3 Å². The molecular weight excluding hydrogens is 282 g/mol. The number of ether oxygens (including phenoxy) is 1. The smallest absolute Gasteiger partial charge is 0.409 e. The van der Waals surface area contributed by atoms with Crippen LogP contribution in [0.3, 0.4) is 0 Å². The molecule has 0 bridgehead atoms. The molecule has 1 aliphatic heterocycles. The maximum absolute atomic E-state index is 12.2. The van der Waals surface area contributed by atoms with Crippen molar-refractivity contribution >= 4 is 17.8 Å². The maximum Gasteiger partial charge on any atom is 0.409 e. The highest BCUT2D eigenvalue weighted by Gasteiger charge is 2.24. The van der Waals surface area contributed by atoms with E-state index >= 15 is 0 Å². The number of aryl methyl sites for hydroxylation is 1. The molecule has 120 valence electrons. The summed E-state index contributed by atoms with van der Waals surface area (Å²) in [6.45, 7) is 6.26. The summed E-state index contributed by atoms with van der Waals surface area (Å²) < 4.78 is 4.97. The summed E-state index contributed by atoms with van der Waals surface area (Å²) in [7, 11) is 0.